The standard InChI is InChI=1S/C36H48FNO11/c1-9-14-45-29(43)24(38-30(44)48-31(2,3)4)17-28(42)46-19-26(41)36-27(47-32(5,6)49-36)16-23-22-11-10-20-15-21(39)12-13-33(20,7)35(22,37)25(40)18-34(23,36)8/h9,12-13,15,22-25,27,40H,1,10-11,14,16-19H2,2-8H3,(H,38,44)/t22-,23-,24?,25-,27+,33-,34-,35?,36+/m0/s1. The van der Waals surface area contributed by atoms with Gasteiger partial charge in [0, 0.05) is 16.7 Å². The predicted molar refractivity (Wildman–Crippen MR) is 171 cm³/mol. The predicted octanol–water partition coefficient (Wildman–Crippen LogP) is 3.98. The molecule has 0 aromatic carbocycles. The fourth-order valence-corrected chi connectivity index (χ4v) is 9.17. The van der Waals surface area contributed by atoms with Crippen molar-refractivity contribution in [2.75, 3.05) is 13.2 Å². The number of halogens is 1. The summed E-state index contributed by atoms with van der Waals surface area (Å²) in [5.74, 6) is -5.15. The average Bonchev–Trinajstić information content (AvgIpc) is 3.39. The summed E-state index contributed by atoms with van der Waals surface area (Å²) in [6.07, 6.45) is 2.61. The third-order valence-electron chi connectivity index (χ3n) is 11.1. The van der Waals surface area contributed by atoms with Crippen molar-refractivity contribution in [1.82, 2.24) is 5.32 Å². The highest BCUT2D eigenvalue weighted by Gasteiger charge is 2.80. The molecule has 4 aliphatic carbocycles. The Balaban J connectivity index is 1.38. The number of carbonyl (C=O) groups excluding carboxylic acids is 5. The first kappa shape index (κ1) is 36.9. The zero-order valence-corrected chi connectivity index (χ0v) is 29.3. The van der Waals surface area contributed by atoms with E-state index in [-0.39, 0.29) is 25.2 Å². The van der Waals surface area contributed by atoms with Crippen LogP contribution >= 0.6 is 0 Å². The van der Waals surface area contributed by atoms with Crippen LogP contribution in [0.2, 0.25) is 0 Å². The molecule has 4 fully saturated rings. The Morgan fingerprint density at radius 3 is 2.51 bits per heavy atom. The van der Waals surface area contributed by atoms with Crippen molar-refractivity contribution in [3.8, 4) is 0 Å². The Hall–Kier alpha value is -3.42. The lowest BCUT2D eigenvalue weighted by molar-refractivity contribution is -0.246. The number of carbonyl (C=O) groups is 5. The van der Waals surface area contributed by atoms with Crippen LogP contribution in [0.4, 0.5) is 9.18 Å². The first-order valence-corrected chi connectivity index (χ1v) is 16.8. The third kappa shape index (κ3) is 6.05. The van der Waals surface area contributed by atoms with Gasteiger partial charge in [0.1, 0.15) is 18.2 Å². The van der Waals surface area contributed by atoms with E-state index in [2.05, 4.69) is 11.9 Å². The highest BCUT2D eigenvalue weighted by Crippen LogP contribution is 2.72. The summed E-state index contributed by atoms with van der Waals surface area (Å²) in [5, 5.41) is 14.1. The van der Waals surface area contributed by atoms with E-state index in [1.54, 1.807) is 54.5 Å². The highest BCUT2D eigenvalue weighted by molar-refractivity contribution is 6.01. The minimum Gasteiger partial charge on any atom is -0.460 e. The minimum absolute atomic E-state index is 0.151. The molecule has 1 saturated heterocycles. The largest absolute Gasteiger partial charge is 0.460 e. The number of fused-ring (bicyclic) bond motifs is 7. The number of aliphatic hydroxyl groups excluding tert-OH is 1. The van der Waals surface area contributed by atoms with Crippen LogP contribution in [0, 0.1) is 22.7 Å². The van der Waals surface area contributed by atoms with Crippen LogP contribution in [0.5, 0.6) is 0 Å². The van der Waals surface area contributed by atoms with E-state index in [0.29, 0.717) is 18.4 Å². The Kier molecular flexibility index (Phi) is 9.34. The Morgan fingerprint density at radius 2 is 1.86 bits per heavy atom. The maximum absolute atomic E-state index is 17.6. The van der Waals surface area contributed by atoms with Gasteiger partial charge in [-0.3, -0.25) is 14.4 Å². The van der Waals surface area contributed by atoms with Crippen molar-refractivity contribution in [3.63, 3.8) is 0 Å². The number of amides is 1. The summed E-state index contributed by atoms with van der Waals surface area (Å²) < 4.78 is 46.0. The molecule has 1 amide bonds. The molecule has 0 aromatic rings. The van der Waals surface area contributed by atoms with Crippen molar-refractivity contribution in [3.05, 3.63) is 36.5 Å². The van der Waals surface area contributed by atoms with E-state index in [4.69, 9.17) is 23.7 Å². The number of hydrogen-bond donors (Lipinski definition) is 2. The molecule has 2 unspecified atom stereocenters. The van der Waals surface area contributed by atoms with E-state index in [9.17, 15) is 29.1 Å². The topological polar surface area (TPSA) is 164 Å². The number of nitrogens with one attached hydrogen (secondary N) is 1. The van der Waals surface area contributed by atoms with Crippen LogP contribution in [0.25, 0.3) is 0 Å². The number of rotatable bonds is 9. The molecular weight excluding hydrogens is 641 g/mol. The monoisotopic (exact) mass is 689 g/mol. The number of ketones is 2. The van der Waals surface area contributed by atoms with Gasteiger partial charge in [-0.25, -0.2) is 14.0 Å². The van der Waals surface area contributed by atoms with Gasteiger partial charge in [-0.05, 0) is 85.3 Å². The summed E-state index contributed by atoms with van der Waals surface area (Å²) in [6, 6.07) is -1.48. The smallest absolute Gasteiger partial charge is 0.408 e. The van der Waals surface area contributed by atoms with Gasteiger partial charge in [0.25, 0.3) is 0 Å². The second-order valence-corrected chi connectivity index (χ2v) is 15.7. The Labute approximate surface area is 285 Å². The fraction of sp³-hybridized carbons (Fsp3) is 0.694. The minimum atomic E-state index is -2.13. The molecule has 0 spiro atoms. The number of alkyl carbamates (subject to hydrolysis) is 1. The zero-order chi connectivity index (χ0) is 36.4. The van der Waals surface area contributed by atoms with Gasteiger partial charge < -0.3 is 34.1 Å². The molecule has 270 valence electrons. The van der Waals surface area contributed by atoms with Gasteiger partial charge in [-0.15, -0.1) is 0 Å². The summed E-state index contributed by atoms with van der Waals surface area (Å²) >= 11 is 0. The molecule has 0 aromatic heterocycles. The molecule has 13 heteroatoms. The molecular formula is C36H48FNO11. The van der Waals surface area contributed by atoms with Crippen LogP contribution in [-0.4, -0.2) is 88.8 Å². The number of alkyl halides is 1. The van der Waals surface area contributed by atoms with Crippen LogP contribution < -0.4 is 5.32 Å². The molecule has 5 aliphatic rings. The lowest BCUT2D eigenvalue weighted by Gasteiger charge is -2.62. The van der Waals surface area contributed by atoms with Gasteiger partial charge in [-0.1, -0.05) is 31.2 Å². The quantitative estimate of drug-likeness (QED) is 0.205. The van der Waals surface area contributed by atoms with Crippen molar-refractivity contribution in [2.45, 2.75) is 121 Å². The number of allylic oxidation sites excluding steroid dienone is 4. The number of esters is 2. The number of Topliss-reactive ketones (excluding diaryl/α,β-unsaturated/α-hetero) is 1. The van der Waals surface area contributed by atoms with Gasteiger partial charge in [0.2, 0.25) is 5.78 Å². The zero-order valence-electron chi connectivity index (χ0n) is 29.3. The second kappa shape index (κ2) is 12.4. The van der Waals surface area contributed by atoms with Crippen molar-refractivity contribution < 1.29 is 57.2 Å². The molecule has 12 nitrogen and oxygen atoms in total. The second-order valence-electron chi connectivity index (χ2n) is 15.7. The molecule has 0 bridgehead atoms. The fourth-order valence-electron chi connectivity index (χ4n) is 9.17. The van der Waals surface area contributed by atoms with Gasteiger partial charge >= 0.3 is 18.0 Å². The Bertz CT molecular complexity index is 1500. The number of aliphatic hydroxyl groups is 1. The SMILES string of the molecule is C=CCOC(=O)C(CC(=O)OCC(=O)[C@@]12OC(C)(C)O[C@@H]1C[C@H]1[C@@H]3CCC4=CC(=O)C=C[C@]4(C)C3(F)[C@@H](O)C[C@@]12C)NC(=O)OC(C)(C)C. The maximum Gasteiger partial charge on any atom is 0.408 e. The van der Waals surface area contributed by atoms with E-state index >= 15 is 4.39 Å². The Morgan fingerprint density at radius 1 is 1.16 bits per heavy atom. The van der Waals surface area contributed by atoms with Gasteiger partial charge in [0.05, 0.1) is 18.6 Å². The third-order valence-corrected chi connectivity index (χ3v) is 11.1. The normalized spacial score (nSPS) is 37.7. The van der Waals surface area contributed by atoms with E-state index < -0.39 is 100 Å². The van der Waals surface area contributed by atoms with Gasteiger partial charge in [0.15, 0.2) is 29.4 Å². The lowest BCUT2D eigenvalue weighted by atomic mass is 9.44. The van der Waals surface area contributed by atoms with Gasteiger partial charge in [-0.2, -0.15) is 0 Å². The van der Waals surface area contributed by atoms with Crippen molar-refractivity contribution in [2.24, 2.45) is 22.7 Å². The van der Waals surface area contributed by atoms with E-state index in [1.807, 2.05) is 0 Å². The average molecular weight is 690 g/mol. The molecule has 2 N–H and O–H groups in total. The summed E-state index contributed by atoms with van der Waals surface area (Å²) in [5.41, 5.74) is -6.42. The molecule has 9 atom stereocenters. The van der Waals surface area contributed by atoms with Crippen LogP contribution in [0.1, 0.15) is 80.6 Å². The van der Waals surface area contributed by atoms with Crippen LogP contribution in [0.3, 0.4) is 0 Å². The lowest BCUT2D eigenvalue weighted by Crippen LogP contribution is -2.70. The van der Waals surface area contributed by atoms with Crippen LogP contribution in [-0.2, 0) is 42.9 Å². The summed E-state index contributed by atoms with van der Waals surface area (Å²) in [6.45, 7) is 14.3. The van der Waals surface area contributed by atoms with Crippen molar-refractivity contribution >= 4 is 29.6 Å². The number of hydrogen-bond acceptors (Lipinski definition) is 11. The summed E-state index contributed by atoms with van der Waals surface area (Å²) in [4.78, 5) is 64.7. The highest BCUT2D eigenvalue weighted by atomic mass is 19.1. The summed E-state index contributed by atoms with van der Waals surface area (Å²) in [7, 11) is 0. The first-order valence-electron chi connectivity index (χ1n) is 16.8. The maximum atomic E-state index is 17.6. The molecule has 0 radical (unpaired) electrons. The molecule has 5 rings (SSSR count). The molecule has 3 saturated carbocycles. The van der Waals surface area contributed by atoms with E-state index in [0.717, 1.165) is 0 Å². The molecule has 1 aliphatic heterocycles. The van der Waals surface area contributed by atoms with Crippen LogP contribution in [0.15, 0.2) is 36.5 Å². The molecule has 49 heavy (non-hydrogen) atoms. The van der Waals surface area contributed by atoms with E-state index in [1.165, 1.54) is 18.2 Å². The number of ether oxygens (including phenoxy) is 5. The molecule has 1 heterocycles. The first-order chi connectivity index (χ1) is 22.6. The van der Waals surface area contributed by atoms with Crippen molar-refractivity contribution in [1.29, 1.82) is 0 Å².